The maximum atomic E-state index is 12.0. The van der Waals surface area contributed by atoms with Crippen LogP contribution in [0.1, 0.15) is 0 Å². The second-order valence-electron chi connectivity index (χ2n) is 2.29. The van der Waals surface area contributed by atoms with Crippen LogP contribution >= 0.6 is 0 Å². The fraction of sp³-hybridized carbons (Fsp3) is 0.429. The normalized spacial score (nSPS) is 15.4. The van der Waals surface area contributed by atoms with E-state index in [0.717, 1.165) is 7.05 Å². The Kier molecular flexibility index (Phi) is 4.06. The number of rotatable bonds is 2. The Hall–Kier alpha value is -1.34. The van der Waals surface area contributed by atoms with Crippen LogP contribution in [-0.4, -0.2) is 31.8 Å². The van der Waals surface area contributed by atoms with Crippen molar-refractivity contribution in [3.8, 4) is 0 Å². The second kappa shape index (κ2) is 4.45. The average molecular weight is 232 g/mol. The van der Waals surface area contributed by atoms with Gasteiger partial charge in [-0.25, -0.2) is 0 Å². The maximum Gasteiger partial charge on any atom is 0.433 e. The van der Waals surface area contributed by atoms with Crippen LogP contribution in [-0.2, 0) is 0 Å². The molecule has 8 heteroatoms. The molecular formula is C7H6F6N2. The number of nitrogens with zero attached hydrogens (tertiary/aromatic N) is 2. The first-order chi connectivity index (χ1) is 6.62. The molecule has 0 spiro atoms. The number of halogens is 6. The Balaban J connectivity index is 5.26. The fourth-order valence-electron chi connectivity index (χ4n) is 0.620. The largest absolute Gasteiger partial charge is 0.433 e. The highest BCUT2D eigenvalue weighted by atomic mass is 19.4. The van der Waals surface area contributed by atoms with Gasteiger partial charge in [-0.3, -0.25) is 9.98 Å². The third-order valence-corrected chi connectivity index (χ3v) is 1.27. The van der Waals surface area contributed by atoms with Crippen LogP contribution in [0.25, 0.3) is 0 Å². The summed E-state index contributed by atoms with van der Waals surface area (Å²) in [6.45, 7) is 2.54. The smallest absolute Gasteiger partial charge is 0.284 e. The zero-order chi connectivity index (χ0) is 12.3. The molecule has 0 aliphatic heterocycles. The molecule has 2 nitrogen and oxygen atoms in total. The molecule has 0 radical (unpaired) electrons. The van der Waals surface area contributed by atoms with Gasteiger partial charge in [0.25, 0.3) is 0 Å². The summed E-state index contributed by atoms with van der Waals surface area (Å²) in [5, 5.41) is 0. The van der Waals surface area contributed by atoms with Crippen molar-refractivity contribution in [2.75, 3.05) is 7.05 Å². The van der Waals surface area contributed by atoms with E-state index in [-0.39, 0.29) is 6.08 Å². The summed E-state index contributed by atoms with van der Waals surface area (Å²) in [6, 6.07) is 0. The number of aliphatic imine (C=N–C) groups is 2. The Morgan fingerprint density at radius 1 is 1.07 bits per heavy atom. The lowest BCUT2D eigenvalue weighted by atomic mass is 10.3. The van der Waals surface area contributed by atoms with Crippen LogP contribution in [0.2, 0.25) is 0 Å². The summed E-state index contributed by atoms with van der Waals surface area (Å²) in [7, 11) is 0.733. The molecule has 0 aromatic heterocycles. The topological polar surface area (TPSA) is 24.7 Å². The predicted molar refractivity (Wildman–Crippen MR) is 43.1 cm³/mol. The number of allylic oxidation sites excluding steroid dienone is 2. The molecule has 0 bridgehead atoms. The van der Waals surface area contributed by atoms with E-state index in [9.17, 15) is 26.3 Å². The average Bonchev–Trinajstić information content (AvgIpc) is 2.01. The van der Waals surface area contributed by atoms with E-state index in [1.54, 1.807) is 0 Å². The molecule has 86 valence electrons. The van der Waals surface area contributed by atoms with Crippen molar-refractivity contribution in [1.29, 1.82) is 0 Å². The van der Waals surface area contributed by atoms with Crippen molar-refractivity contribution in [1.82, 2.24) is 0 Å². The minimum Gasteiger partial charge on any atom is -0.284 e. The highest BCUT2D eigenvalue weighted by molar-refractivity contribution is 6.00. The van der Waals surface area contributed by atoms with Crippen LogP contribution in [0.5, 0.6) is 0 Å². The van der Waals surface area contributed by atoms with Crippen LogP contribution in [0.3, 0.4) is 0 Å². The van der Waals surface area contributed by atoms with Gasteiger partial charge in [-0.1, -0.05) is 0 Å². The molecule has 0 aromatic carbocycles. The molecule has 0 unspecified atom stereocenters. The van der Waals surface area contributed by atoms with E-state index >= 15 is 0 Å². The fourth-order valence-corrected chi connectivity index (χ4v) is 0.620. The highest BCUT2D eigenvalue weighted by Crippen LogP contribution is 2.28. The van der Waals surface area contributed by atoms with E-state index in [4.69, 9.17) is 0 Å². The van der Waals surface area contributed by atoms with Crippen molar-refractivity contribution >= 4 is 12.4 Å². The van der Waals surface area contributed by atoms with Crippen molar-refractivity contribution < 1.29 is 26.3 Å². The molecule has 0 N–H and O–H groups in total. The lowest BCUT2D eigenvalue weighted by molar-refractivity contribution is -0.0924. The van der Waals surface area contributed by atoms with Gasteiger partial charge in [-0.05, 0) is 12.8 Å². The van der Waals surface area contributed by atoms with Crippen molar-refractivity contribution in [3.63, 3.8) is 0 Å². The number of alkyl halides is 6. The Morgan fingerprint density at radius 2 is 1.53 bits per heavy atom. The SMILES string of the molecule is C=N/C(=C\C(=NC)C(F)(F)F)C(F)(F)F. The lowest BCUT2D eigenvalue weighted by Gasteiger charge is -2.09. The van der Waals surface area contributed by atoms with Gasteiger partial charge in [0.2, 0.25) is 0 Å². The molecule has 15 heavy (non-hydrogen) atoms. The molecule has 0 rings (SSSR count). The predicted octanol–water partition coefficient (Wildman–Crippen LogP) is 2.77. The Bertz CT molecular complexity index is 296. The zero-order valence-electron chi connectivity index (χ0n) is 7.45. The first-order valence-electron chi connectivity index (χ1n) is 3.42. The zero-order valence-corrected chi connectivity index (χ0v) is 7.45. The van der Waals surface area contributed by atoms with Crippen LogP contribution in [0, 0.1) is 0 Å². The van der Waals surface area contributed by atoms with Crippen molar-refractivity contribution in [3.05, 3.63) is 11.8 Å². The van der Waals surface area contributed by atoms with Gasteiger partial charge in [-0.15, -0.1) is 0 Å². The minimum absolute atomic E-state index is 0.201. The molecule has 0 saturated heterocycles. The second-order valence-corrected chi connectivity index (χ2v) is 2.29. The standard InChI is InChI=1S/C7H6F6N2/c1-14-4(6(8,9)10)3-5(15-2)7(11,12)13/h3H,1H2,2H3/b4-3-,15-5?. The molecule has 0 atom stereocenters. The van der Waals surface area contributed by atoms with E-state index < -0.39 is 23.8 Å². The first-order valence-corrected chi connectivity index (χ1v) is 3.42. The van der Waals surface area contributed by atoms with E-state index in [2.05, 4.69) is 16.7 Å². The molecule has 0 amide bonds. The van der Waals surface area contributed by atoms with E-state index in [0.29, 0.717) is 0 Å². The van der Waals surface area contributed by atoms with Gasteiger partial charge in [0.1, 0.15) is 11.4 Å². The first kappa shape index (κ1) is 13.7. The Morgan fingerprint density at radius 3 is 1.73 bits per heavy atom. The van der Waals surface area contributed by atoms with Gasteiger partial charge in [0.05, 0.1) is 0 Å². The Labute approximate surface area is 81.0 Å². The van der Waals surface area contributed by atoms with Gasteiger partial charge < -0.3 is 0 Å². The molecule has 0 fully saturated rings. The van der Waals surface area contributed by atoms with Crippen molar-refractivity contribution in [2.45, 2.75) is 12.4 Å². The molecule has 0 aliphatic rings. The monoisotopic (exact) mass is 232 g/mol. The van der Waals surface area contributed by atoms with Gasteiger partial charge in [0, 0.05) is 7.05 Å². The highest BCUT2D eigenvalue weighted by Gasteiger charge is 2.39. The summed E-state index contributed by atoms with van der Waals surface area (Å²) >= 11 is 0. The number of hydrogen-bond donors (Lipinski definition) is 0. The number of hydrogen-bond acceptors (Lipinski definition) is 2. The summed E-state index contributed by atoms with van der Waals surface area (Å²) in [5.41, 5.74) is -3.40. The van der Waals surface area contributed by atoms with Crippen LogP contribution in [0.15, 0.2) is 21.8 Å². The lowest BCUT2D eigenvalue weighted by Crippen LogP contribution is -2.23. The maximum absolute atomic E-state index is 12.0. The van der Waals surface area contributed by atoms with Crippen molar-refractivity contribution in [2.24, 2.45) is 9.98 Å². The van der Waals surface area contributed by atoms with E-state index in [1.807, 2.05) is 0 Å². The van der Waals surface area contributed by atoms with Crippen LogP contribution in [0.4, 0.5) is 26.3 Å². The quantitative estimate of drug-likeness (QED) is 0.516. The third-order valence-electron chi connectivity index (χ3n) is 1.27. The summed E-state index contributed by atoms with van der Waals surface area (Å²) in [4.78, 5) is 5.15. The summed E-state index contributed by atoms with van der Waals surface area (Å²) < 4.78 is 71.9. The minimum atomic E-state index is -4.98. The molecule has 0 aliphatic carbocycles. The molecule has 0 saturated carbocycles. The summed E-state index contributed by atoms with van der Waals surface area (Å²) in [6.07, 6.45) is -10.1. The van der Waals surface area contributed by atoms with E-state index in [1.165, 1.54) is 0 Å². The molecule has 0 heterocycles. The van der Waals surface area contributed by atoms with Crippen LogP contribution < -0.4 is 0 Å². The van der Waals surface area contributed by atoms with Gasteiger partial charge in [0.15, 0.2) is 0 Å². The molecular weight excluding hydrogens is 226 g/mol. The van der Waals surface area contributed by atoms with Gasteiger partial charge in [-0.2, -0.15) is 26.3 Å². The van der Waals surface area contributed by atoms with Gasteiger partial charge >= 0.3 is 12.4 Å². The third kappa shape index (κ3) is 4.13. The molecule has 0 aromatic rings. The summed E-state index contributed by atoms with van der Waals surface area (Å²) in [5.74, 6) is 0.